The summed E-state index contributed by atoms with van der Waals surface area (Å²) in [4.78, 5) is 0. The van der Waals surface area contributed by atoms with E-state index in [9.17, 15) is 0 Å². The van der Waals surface area contributed by atoms with Crippen LogP contribution in [0.25, 0.3) is 0 Å². The Hall–Kier alpha value is -0.0400. The number of hydrogen-bond donors (Lipinski definition) is 1. The molecule has 0 rings (SSSR count). The van der Waals surface area contributed by atoms with Gasteiger partial charge in [-0.15, -0.1) is 0 Å². The molecule has 0 spiro atoms. The van der Waals surface area contributed by atoms with Gasteiger partial charge < -0.3 is 5.73 Å². The summed E-state index contributed by atoms with van der Waals surface area (Å²) in [5.74, 6) is 0.778. The van der Waals surface area contributed by atoms with Crippen LogP contribution in [0.15, 0.2) is 0 Å². The van der Waals surface area contributed by atoms with E-state index in [1.54, 1.807) is 0 Å². The number of nitrogens with two attached hydrogens (primary N) is 1. The summed E-state index contributed by atoms with van der Waals surface area (Å²) in [6.45, 7) is 13.4. The Kier molecular flexibility index (Phi) is 4.44. The van der Waals surface area contributed by atoms with Crippen LogP contribution >= 0.6 is 0 Å². The van der Waals surface area contributed by atoms with Gasteiger partial charge in [0.05, 0.1) is 0 Å². The van der Waals surface area contributed by atoms with Gasteiger partial charge in [0.15, 0.2) is 0 Å². The molecule has 13 heavy (non-hydrogen) atoms. The molecule has 1 nitrogen and oxygen atoms in total. The van der Waals surface area contributed by atoms with Gasteiger partial charge in [-0.3, -0.25) is 0 Å². The van der Waals surface area contributed by atoms with Crippen LogP contribution in [0.2, 0.25) is 0 Å². The Morgan fingerprint density at radius 3 is 1.69 bits per heavy atom. The van der Waals surface area contributed by atoms with Crippen molar-refractivity contribution in [2.24, 2.45) is 17.1 Å². The zero-order valence-electron chi connectivity index (χ0n) is 10.3. The number of hydrogen-bond acceptors (Lipinski definition) is 1. The molecule has 0 radical (unpaired) electrons. The fourth-order valence-electron chi connectivity index (χ4n) is 1.97. The van der Waals surface area contributed by atoms with Crippen LogP contribution in [0, 0.1) is 11.3 Å². The van der Waals surface area contributed by atoms with Crippen molar-refractivity contribution in [3.8, 4) is 0 Å². The second-order valence-electron chi connectivity index (χ2n) is 6.23. The first-order valence-electron chi connectivity index (χ1n) is 5.43. The summed E-state index contributed by atoms with van der Waals surface area (Å²) in [6, 6.07) is 0. The van der Waals surface area contributed by atoms with E-state index < -0.39 is 0 Å². The zero-order valence-corrected chi connectivity index (χ0v) is 10.3. The van der Waals surface area contributed by atoms with Crippen molar-refractivity contribution in [3.05, 3.63) is 0 Å². The van der Waals surface area contributed by atoms with Crippen molar-refractivity contribution >= 4 is 0 Å². The minimum atomic E-state index is -0.00801. The van der Waals surface area contributed by atoms with Crippen LogP contribution in [0.1, 0.15) is 60.8 Å². The Morgan fingerprint density at radius 2 is 1.46 bits per heavy atom. The average Bonchev–Trinajstić information content (AvgIpc) is 1.79. The minimum absolute atomic E-state index is 0.00801. The maximum Gasteiger partial charge on any atom is 0.00996 e. The van der Waals surface area contributed by atoms with Gasteiger partial charge in [0, 0.05) is 5.54 Å². The lowest BCUT2D eigenvalue weighted by Gasteiger charge is -2.30. The molecule has 0 fully saturated rings. The van der Waals surface area contributed by atoms with Crippen molar-refractivity contribution in [3.63, 3.8) is 0 Å². The average molecular weight is 185 g/mol. The fraction of sp³-hybridized carbons (Fsp3) is 1.00. The van der Waals surface area contributed by atoms with Crippen molar-refractivity contribution < 1.29 is 0 Å². The zero-order chi connectivity index (χ0) is 10.7. The topological polar surface area (TPSA) is 26.0 Å². The van der Waals surface area contributed by atoms with E-state index in [1.165, 1.54) is 12.8 Å². The molecule has 0 aliphatic carbocycles. The SMILES string of the molecule is CCC(CC(C)(C)C)CC(C)(C)N. The Balaban J connectivity index is 4.05. The van der Waals surface area contributed by atoms with Gasteiger partial charge in [-0.05, 0) is 38.0 Å². The van der Waals surface area contributed by atoms with E-state index in [0.29, 0.717) is 5.41 Å². The molecule has 1 unspecified atom stereocenters. The highest BCUT2D eigenvalue weighted by molar-refractivity contribution is 4.78. The molecule has 0 aromatic heterocycles. The van der Waals surface area contributed by atoms with Gasteiger partial charge >= 0.3 is 0 Å². The summed E-state index contributed by atoms with van der Waals surface area (Å²) in [7, 11) is 0. The number of rotatable bonds is 4. The predicted octanol–water partition coefficient (Wildman–Crippen LogP) is 3.58. The first-order valence-corrected chi connectivity index (χ1v) is 5.43. The second kappa shape index (κ2) is 4.45. The van der Waals surface area contributed by atoms with Gasteiger partial charge in [0.1, 0.15) is 0 Å². The summed E-state index contributed by atoms with van der Waals surface area (Å²) < 4.78 is 0. The summed E-state index contributed by atoms with van der Waals surface area (Å²) >= 11 is 0. The molecule has 1 atom stereocenters. The van der Waals surface area contributed by atoms with E-state index in [4.69, 9.17) is 5.73 Å². The molecule has 0 amide bonds. The molecule has 0 aliphatic rings. The molecule has 0 saturated carbocycles. The van der Waals surface area contributed by atoms with Gasteiger partial charge in [0.2, 0.25) is 0 Å². The maximum absolute atomic E-state index is 6.03. The lowest BCUT2D eigenvalue weighted by molar-refractivity contribution is 0.244. The van der Waals surface area contributed by atoms with Crippen LogP contribution in [-0.4, -0.2) is 5.54 Å². The lowest BCUT2D eigenvalue weighted by Crippen LogP contribution is -2.35. The van der Waals surface area contributed by atoms with Crippen LogP contribution in [-0.2, 0) is 0 Å². The van der Waals surface area contributed by atoms with Crippen LogP contribution < -0.4 is 5.73 Å². The molecule has 0 aromatic rings. The highest BCUT2D eigenvalue weighted by Gasteiger charge is 2.22. The van der Waals surface area contributed by atoms with Crippen molar-refractivity contribution in [2.45, 2.75) is 66.3 Å². The molecule has 0 saturated heterocycles. The third kappa shape index (κ3) is 8.29. The largest absolute Gasteiger partial charge is 0.326 e. The van der Waals surface area contributed by atoms with Crippen LogP contribution in [0.5, 0.6) is 0 Å². The first kappa shape index (κ1) is 13.0. The van der Waals surface area contributed by atoms with Crippen molar-refractivity contribution in [1.82, 2.24) is 0 Å². The van der Waals surface area contributed by atoms with E-state index in [-0.39, 0.29) is 5.54 Å². The molecule has 0 aliphatic heterocycles. The predicted molar refractivity (Wildman–Crippen MR) is 60.7 cm³/mol. The van der Waals surface area contributed by atoms with E-state index >= 15 is 0 Å². The van der Waals surface area contributed by atoms with Crippen molar-refractivity contribution in [2.75, 3.05) is 0 Å². The molecule has 0 heterocycles. The molecule has 0 bridgehead atoms. The van der Waals surface area contributed by atoms with E-state index in [1.807, 2.05) is 0 Å². The molecule has 2 N–H and O–H groups in total. The van der Waals surface area contributed by atoms with Gasteiger partial charge in [-0.1, -0.05) is 34.1 Å². The van der Waals surface area contributed by atoms with Gasteiger partial charge in [0.25, 0.3) is 0 Å². The van der Waals surface area contributed by atoms with Crippen LogP contribution in [0.3, 0.4) is 0 Å². The normalized spacial score (nSPS) is 15.9. The summed E-state index contributed by atoms with van der Waals surface area (Å²) in [5, 5.41) is 0. The third-order valence-electron chi connectivity index (χ3n) is 2.29. The maximum atomic E-state index is 6.03. The lowest BCUT2D eigenvalue weighted by atomic mass is 9.78. The highest BCUT2D eigenvalue weighted by Crippen LogP contribution is 2.30. The monoisotopic (exact) mass is 185 g/mol. The quantitative estimate of drug-likeness (QED) is 0.712. The molecular formula is C12H27N. The molecular weight excluding hydrogens is 158 g/mol. The molecule has 0 aromatic carbocycles. The van der Waals surface area contributed by atoms with Gasteiger partial charge in [-0.2, -0.15) is 0 Å². The Labute approximate surface area is 84.1 Å². The first-order chi connectivity index (χ1) is 5.64. The van der Waals surface area contributed by atoms with E-state index in [0.717, 1.165) is 12.3 Å². The highest BCUT2D eigenvalue weighted by atomic mass is 14.7. The van der Waals surface area contributed by atoms with Crippen molar-refractivity contribution in [1.29, 1.82) is 0 Å². The Morgan fingerprint density at radius 1 is 1.00 bits per heavy atom. The van der Waals surface area contributed by atoms with Gasteiger partial charge in [-0.25, -0.2) is 0 Å². The van der Waals surface area contributed by atoms with Crippen LogP contribution in [0.4, 0.5) is 0 Å². The summed E-state index contributed by atoms with van der Waals surface area (Å²) in [5.41, 5.74) is 6.46. The minimum Gasteiger partial charge on any atom is -0.326 e. The molecule has 80 valence electrons. The molecule has 1 heteroatoms. The van der Waals surface area contributed by atoms with E-state index in [2.05, 4.69) is 41.5 Å². The second-order valence-corrected chi connectivity index (χ2v) is 6.23. The third-order valence-corrected chi connectivity index (χ3v) is 2.29. The fourth-order valence-corrected chi connectivity index (χ4v) is 1.97. The standard InChI is InChI=1S/C12H27N/c1-7-10(8-11(2,3)4)9-12(5,6)13/h10H,7-9,13H2,1-6H3. The smallest absolute Gasteiger partial charge is 0.00996 e. The summed E-state index contributed by atoms with van der Waals surface area (Å²) in [6.07, 6.45) is 3.67. The Bertz CT molecular complexity index is 120.